The van der Waals surface area contributed by atoms with Gasteiger partial charge in [0.25, 0.3) is 0 Å². The molecule has 0 aromatic heterocycles. The van der Waals surface area contributed by atoms with Crippen molar-refractivity contribution in [2.24, 2.45) is 0 Å². The van der Waals surface area contributed by atoms with E-state index in [1.807, 2.05) is 24.3 Å². The second-order valence-electron chi connectivity index (χ2n) is 9.16. The second kappa shape index (κ2) is 5.94. The van der Waals surface area contributed by atoms with E-state index in [9.17, 15) is 4.79 Å². The molecule has 1 fully saturated rings. The van der Waals surface area contributed by atoms with E-state index in [0.29, 0.717) is 5.56 Å². The van der Waals surface area contributed by atoms with Crippen LogP contribution in [0.25, 0.3) is 0 Å². The lowest BCUT2D eigenvalue weighted by Crippen LogP contribution is -2.59. The normalized spacial score (nSPS) is 21.0. The van der Waals surface area contributed by atoms with Gasteiger partial charge in [-0.2, -0.15) is 0 Å². The molecule has 1 aromatic rings. The molecule has 1 saturated heterocycles. The molecule has 0 unspecified atom stereocenters. The average Bonchev–Trinajstić information content (AvgIpc) is 2.33. The van der Waals surface area contributed by atoms with Gasteiger partial charge in [0.1, 0.15) is 6.10 Å². The Kier molecular flexibility index (Phi) is 4.64. The summed E-state index contributed by atoms with van der Waals surface area (Å²) in [5, 5.41) is 3.61. The van der Waals surface area contributed by atoms with Crippen LogP contribution in [0.4, 0.5) is 0 Å². The number of esters is 1. The summed E-state index contributed by atoms with van der Waals surface area (Å²) in [6.07, 6.45) is 1.63. The van der Waals surface area contributed by atoms with Crippen LogP contribution in [0.3, 0.4) is 0 Å². The molecule has 0 amide bonds. The smallest absolute Gasteiger partial charge is 0.338 e. The predicted octanol–water partition coefficient (Wildman–Crippen LogP) is 4.45. The van der Waals surface area contributed by atoms with Crippen molar-refractivity contribution in [2.45, 2.75) is 83.9 Å². The van der Waals surface area contributed by atoms with Gasteiger partial charge in [0.15, 0.2) is 0 Å². The molecule has 3 nitrogen and oxygen atoms in total. The Morgan fingerprint density at radius 2 is 1.52 bits per heavy atom. The van der Waals surface area contributed by atoms with Crippen molar-refractivity contribution >= 4 is 5.97 Å². The fourth-order valence-corrected chi connectivity index (χ4v) is 3.64. The zero-order chi connectivity index (χ0) is 17.5. The van der Waals surface area contributed by atoms with Crippen molar-refractivity contribution in [1.82, 2.24) is 5.32 Å². The van der Waals surface area contributed by atoms with E-state index < -0.39 is 0 Å². The minimum atomic E-state index is -0.219. The number of hydrogen-bond donors (Lipinski definition) is 1. The molecule has 1 N–H and O–H groups in total. The largest absolute Gasteiger partial charge is 0.459 e. The number of carbonyl (C=O) groups excluding carboxylic acids is 1. The second-order valence-corrected chi connectivity index (χ2v) is 9.16. The number of carbonyl (C=O) groups is 1. The van der Waals surface area contributed by atoms with Gasteiger partial charge in [-0.3, -0.25) is 0 Å². The molecule has 128 valence electrons. The molecule has 23 heavy (non-hydrogen) atoms. The Hall–Kier alpha value is -1.35. The highest BCUT2D eigenvalue weighted by atomic mass is 16.5. The molecule has 2 rings (SSSR count). The highest BCUT2D eigenvalue weighted by Gasteiger charge is 2.39. The van der Waals surface area contributed by atoms with Crippen LogP contribution < -0.4 is 5.32 Å². The van der Waals surface area contributed by atoms with E-state index in [0.717, 1.165) is 12.8 Å². The fraction of sp³-hybridized carbons (Fsp3) is 0.650. The van der Waals surface area contributed by atoms with Gasteiger partial charge in [0.05, 0.1) is 5.56 Å². The summed E-state index contributed by atoms with van der Waals surface area (Å²) in [5.74, 6) is -0.219. The minimum absolute atomic E-state index is 0.0250. The topological polar surface area (TPSA) is 38.3 Å². The van der Waals surface area contributed by atoms with Crippen LogP contribution >= 0.6 is 0 Å². The summed E-state index contributed by atoms with van der Waals surface area (Å²) in [4.78, 5) is 12.5. The van der Waals surface area contributed by atoms with Gasteiger partial charge in [0.2, 0.25) is 0 Å². The van der Waals surface area contributed by atoms with Crippen LogP contribution in [0.15, 0.2) is 24.3 Å². The summed E-state index contributed by atoms with van der Waals surface area (Å²) in [5.41, 5.74) is 1.89. The standard InChI is InChI=1S/C20H31NO2/c1-18(2,3)15-10-8-14(9-11-15)17(22)23-16-12-19(4,5)21-20(6,7)13-16/h8-11,16,21H,12-13H2,1-7H3. The van der Waals surface area contributed by atoms with Gasteiger partial charge in [-0.25, -0.2) is 4.79 Å². The molecule has 0 atom stereocenters. The lowest BCUT2D eigenvalue weighted by atomic mass is 9.81. The Bertz CT molecular complexity index is 548. The first-order chi connectivity index (χ1) is 10.4. The summed E-state index contributed by atoms with van der Waals surface area (Å²) >= 11 is 0. The lowest BCUT2D eigenvalue weighted by Gasteiger charge is -2.45. The van der Waals surface area contributed by atoms with Crippen molar-refractivity contribution in [3.05, 3.63) is 35.4 Å². The first-order valence-corrected chi connectivity index (χ1v) is 8.49. The zero-order valence-electron chi connectivity index (χ0n) is 15.6. The van der Waals surface area contributed by atoms with Crippen molar-refractivity contribution in [2.75, 3.05) is 0 Å². The molecule has 1 aromatic carbocycles. The number of benzene rings is 1. The third-order valence-corrected chi connectivity index (χ3v) is 4.41. The van der Waals surface area contributed by atoms with Gasteiger partial charge in [-0.05, 0) is 50.8 Å². The number of rotatable bonds is 2. The summed E-state index contributed by atoms with van der Waals surface area (Å²) in [6, 6.07) is 7.79. The van der Waals surface area contributed by atoms with Crippen molar-refractivity contribution in [3.8, 4) is 0 Å². The van der Waals surface area contributed by atoms with E-state index in [-0.39, 0.29) is 28.6 Å². The van der Waals surface area contributed by atoms with Crippen LogP contribution in [0.5, 0.6) is 0 Å². The van der Waals surface area contributed by atoms with Crippen molar-refractivity contribution in [3.63, 3.8) is 0 Å². The van der Waals surface area contributed by atoms with Gasteiger partial charge in [-0.1, -0.05) is 32.9 Å². The Balaban J connectivity index is 2.07. The van der Waals surface area contributed by atoms with Crippen LogP contribution in [0, 0.1) is 0 Å². The Morgan fingerprint density at radius 1 is 1.04 bits per heavy atom. The molecule has 0 radical (unpaired) electrons. The van der Waals surface area contributed by atoms with Crippen molar-refractivity contribution < 1.29 is 9.53 Å². The maximum atomic E-state index is 12.5. The molecule has 1 heterocycles. The van der Waals surface area contributed by atoms with E-state index >= 15 is 0 Å². The summed E-state index contributed by atoms with van der Waals surface area (Å²) < 4.78 is 5.80. The molecular formula is C20H31NO2. The average molecular weight is 317 g/mol. The van der Waals surface area contributed by atoms with Gasteiger partial charge in [-0.15, -0.1) is 0 Å². The number of hydrogen-bond acceptors (Lipinski definition) is 3. The van der Waals surface area contributed by atoms with Crippen LogP contribution in [0.2, 0.25) is 0 Å². The van der Waals surface area contributed by atoms with Crippen LogP contribution in [-0.4, -0.2) is 23.2 Å². The molecule has 0 aliphatic carbocycles. The highest BCUT2D eigenvalue weighted by Crippen LogP contribution is 2.31. The Morgan fingerprint density at radius 3 is 1.96 bits per heavy atom. The summed E-state index contributed by atoms with van der Waals surface area (Å²) in [7, 11) is 0. The van der Waals surface area contributed by atoms with E-state index in [1.54, 1.807) is 0 Å². The third kappa shape index (κ3) is 4.81. The molecule has 3 heteroatoms. The molecular weight excluding hydrogens is 286 g/mol. The number of piperidine rings is 1. The fourth-order valence-electron chi connectivity index (χ4n) is 3.64. The maximum Gasteiger partial charge on any atom is 0.338 e. The number of ether oxygens (including phenoxy) is 1. The number of nitrogens with one attached hydrogen (secondary N) is 1. The minimum Gasteiger partial charge on any atom is -0.459 e. The quantitative estimate of drug-likeness (QED) is 0.819. The van der Waals surface area contributed by atoms with Gasteiger partial charge >= 0.3 is 5.97 Å². The molecule has 1 aliphatic heterocycles. The monoisotopic (exact) mass is 317 g/mol. The lowest BCUT2D eigenvalue weighted by molar-refractivity contribution is -0.00638. The zero-order valence-corrected chi connectivity index (χ0v) is 15.6. The van der Waals surface area contributed by atoms with Gasteiger partial charge < -0.3 is 10.1 Å². The van der Waals surface area contributed by atoms with Crippen molar-refractivity contribution in [1.29, 1.82) is 0 Å². The molecule has 0 bridgehead atoms. The third-order valence-electron chi connectivity index (χ3n) is 4.41. The highest BCUT2D eigenvalue weighted by molar-refractivity contribution is 5.89. The Labute approximate surface area is 140 Å². The maximum absolute atomic E-state index is 12.5. The van der Waals surface area contributed by atoms with Crippen LogP contribution in [-0.2, 0) is 10.2 Å². The first kappa shape index (κ1) is 18.0. The SMILES string of the molecule is CC1(C)CC(OC(=O)c2ccc(C(C)(C)C)cc2)CC(C)(C)N1. The summed E-state index contributed by atoms with van der Waals surface area (Å²) in [6.45, 7) is 15.1. The molecule has 0 spiro atoms. The van der Waals surface area contributed by atoms with E-state index in [2.05, 4.69) is 53.8 Å². The van der Waals surface area contributed by atoms with Gasteiger partial charge in [0, 0.05) is 23.9 Å². The molecule has 1 aliphatic rings. The first-order valence-electron chi connectivity index (χ1n) is 8.49. The van der Waals surface area contributed by atoms with E-state index in [4.69, 9.17) is 4.74 Å². The van der Waals surface area contributed by atoms with E-state index in [1.165, 1.54) is 5.56 Å². The van der Waals surface area contributed by atoms with Crippen LogP contribution in [0.1, 0.15) is 77.2 Å². The predicted molar refractivity (Wildman–Crippen MR) is 94.9 cm³/mol. The molecule has 0 saturated carbocycles.